The van der Waals surface area contributed by atoms with Gasteiger partial charge in [0.25, 0.3) is 5.91 Å². The second-order valence-corrected chi connectivity index (χ2v) is 8.82. The van der Waals surface area contributed by atoms with Crippen LogP contribution in [-0.2, 0) is 0 Å². The molecule has 2 aliphatic rings. The molecular weight excluding hydrogens is 414 g/mol. The van der Waals surface area contributed by atoms with E-state index in [0.29, 0.717) is 37.6 Å². The van der Waals surface area contributed by atoms with E-state index in [0.717, 1.165) is 42.7 Å². The van der Waals surface area contributed by atoms with Crippen molar-refractivity contribution in [3.05, 3.63) is 41.4 Å². The van der Waals surface area contributed by atoms with E-state index < -0.39 is 0 Å². The standard InChI is InChI=1S/C21H25N7O2S/c1-25-6-8-26(9-7-25)19-4-5-20(23-22-19)27-10-12-28(13-11-27)21(29)16-15-17(30-24-16)18-3-2-14-31-18/h2-5,14-15H,6-13H2,1H3. The number of likely N-dealkylation sites (N-methyl/N-ethyl adjacent to an activating group) is 1. The molecule has 3 aromatic rings. The Kier molecular flexibility index (Phi) is 5.56. The minimum absolute atomic E-state index is 0.0947. The second-order valence-electron chi connectivity index (χ2n) is 7.87. The van der Waals surface area contributed by atoms with Crippen molar-refractivity contribution in [2.75, 3.05) is 69.2 Å². The van der Waals surface area contributed by atoms with Crippen molar-refractivity contribution in [3.63, 3.8) is 0 Å². The zero-order chi connectivity index (χ0) is 21.2. The number of aromatic nitrogens is 3. The van der Waals surface area contributed by atoms with Gasteiger partial charge in [-0.15, -0.1) is 21.5 Å². The SMILES string of the molecule is CN1CCN(c2ccc(N3CCN(C(=O)c4cc(-c5cccs5)on4)CC3)nn2)CC1. The van der Waals surface area contributed by atoms with E-state index in [4.69, 9.17) is 4.52 Å². The lowest BCUT2D eigenvalue weighted by molar-refractivity contribution is 0.0736. The summed E-state index contributed by atoms with van der Waals surface area (Å²) in [6.07, 6.45) is 0. The first-order valence-electron chi connectivity index (χ1n) is 10.5. The van der Waals surface area contributed by atoms with Crippen LogP contribution in [0.1, 0.15) is 10.5 Å². The molecule has 162 valence electrons. The zero-order valence-electron chi connectivity index (χ0n) is 17.5. The van der Waals surface area contributed by atoms with Gasteiger partial charge in [0, 0.05) is 58.4 Å². The Labute approximate surface area is 184 Å². The highest BCUT2D eigenvalue weighted by Gasteiger charge is 2.26. The van der Waals surface area contributed by atoms with Crippen molar-refractivity contribution in [1.29, 1.82) is 0 Å². The summed E-state index contributed by atoms with van der Waals surface area (Å²) in [6.45, 7) is 6.68. The van der Waals surface area contributed by atoms with Gasteiger partial charge in [0.1, 0.15) is 0 Å². The monoisotopic (exact) mass is 439 g/mol. The third-order valence-corrected chi connectivity index (χ3v) is 6.73. The molecule has 0 spiro atoms. The highest BCUT2D eigenvalue weighted by molar-refractivity contribution is 7.13. The van der Waals surface area contributed by atoms with Crippen molar-refractivity contribution >= 4 is 28.9 Å². The van der Waals surface area contributed by atoms with Gasteiger partial charge in [-0.1, -0.05) is 11.2 Å². The molecule has 2 aliphatic heterocycles. The maximum Gasteiger partial charge on any atom is 0.276 e. The fourth-order valence-corrected chi connectivity index (χ4v) is 4.58. The quantitative estimate of drug-likeness (QED) is 0.610. The molecule has 0 aromatic carbocycles. The minimum atomic E-state index is -0.0947. The first-order valence-corrected chi connectivity index (χ1v) is 11.4. The van der Waals surface area contributed by atoms with Crippen LogP contribution < -0.4 is 9.80 Å². The molecule has 9 nitrogen and oxygen atoms in total. The molecular formula is C21H25N7O2S. The Morgan fingerprint density at radius 1 is 0.935 bits per heavy atom. The Bertz CT molecular complexity index is 1000. The Hall–Kier alpha value is -2.98. The van der Waals surface area contributed by atoms with Crippen LogP contribution in [-0.4, -0.2) is 90.5 Å². The number of rotatable bonds is 4. The molecule has 0 bridgehead atoms. The normalized spacial score (nSPS) is 17.9. The molecule has 0 radical (unpaired) electrons. The summed E-state index contributed by atoms with van der Waals surface area (Å²) in [6, 6.07) is 9.71. The summed E-state index contributed by atoms with van der Waals surface area (Å²) in [5.74, 6) is 2.32. The summed E-state index contributed by atoms with van der Waals surface area (Å²) in [4.78, 5) is 22.4. The number of piperazine rings is 2. The molecule has 2 saturated heterocycles. The van der Waals surface area contributed by atoms with E-state index in [2.05, 4.69) is 37.1 Å². The van der Waals surface area contributed by atoms with Gasteiger partial charge in [-0.05, 0) is 30.6 Å². The van der Waals surface area contributed by atoms with Gasteiger partial charge in [-0.25, -0.2) is 0 Å². The highest BCUT2D eigenvalue weighted by atomic mass is 32.1. The molecule has 0 unspecified atom stereocenters. The molecule has 0 atom stereocenters. The number of amides is 1. The molecule has 3 aromatic heterocycles. The fraction of sp³-hybridized carbons (Fsp3) is 0.429. The van der Waals surface area contributed by atoms with Crippen LogP contribution in [0.25, 0.3) is 10.6 Å². The molecule has 0 saturated carbocycles. The zero-order valence-corrected chi connectivity index (χ0v) is 18.3. The smallest absolute Gasteiger partial charge is 0.276 e. The van der Waals surface area contributed by atoms with Crippen LogP contribution in [0, 0.1) is 0 Å². The lowest BCUT2D eigenvalue weighted by Gasteiger charge is -2.35. The van der Waals surface area contributed by atoms with Gasteiger partial charge in [0.2, 0.25) is 0 Å². The van der Waals surface area contributed by atoms with Crippen LogP contribution >= 0.6 is 11.3 Å². The van der Waals surface area contributed by atoms with Gasteiger partial charge in [-0.3, -0.25) is 4.79 Å². The molecule has 10 heteroatoms. The Morgan fingerprint density at radius 3 is 2.16 bits per heavy atom. The van der Waals surface area contributed by atoms with Crippen LogP contribution in [0.2, 0.25) is 0 Å². The van der Waals surface area contributed by atoms with E-state index in [1.807, 2.05) is 34.5 Å². The number of anilines is 2. The summed E-state index contributed by atoms with van der Waals surface area (Å²) < 4.78 is 5.36. The fourth-order valence-electron chi connectivity index (χ4n) is 3.90. The predicted molar refractivity (Wildman–Crippen MR) is 120 cm³/mol. The van der Waals surface area contributed by atoms with Crippen molar-refractivity contribution in [3.8, 4) is 10.6 Å². The summed E-state index contributed by atoms with van der Waals surface area (Å²) in [7, 11) is 2.14. The highest BCUT2D eigenvalue weighted by Crippen LogP contribution is 2.26. The lowest BCUT2D eigenvalue weighted by Crippen LogP contribution is -2.49. The van der Waals surface area contributed by atoms with Crippen LogP contribution in [0.3, 0.4) is 0 Å². The third kappa shape index (κ3) is 4.26. The van der Waals surface area contributed by atoms with E-state index >= 15 is 0 Å². The molecule has 5 rings (SSSR count). The summed E-state index contributed by atoms with van der Waals surface area (Å²) >= 11 is 1.56. The lowest BCUT2D eigenvalue weighted by atomic mass is 10.2. The van der Waals surface area contributed by atoms with E-state index in [-0.39, 0.29) is 5.91 Å². The largest absolute Gasteiger partial charge is 0.355 e. The molecule has 0 aliphatic carbocycles. The predicted octanol–water partition coefficient (Wildman–Crippen LogP) is 1.91. The van der Waals surface area contributed by atoms with Gasteiger partial charge in [0.05, 0.1) is 4.88 Å². The average Bonchev–Trinajstić information content (AvgIpc) is 3.52. The number of nitrogens with zero attached hydrogens (tertiary/aromatic N) is 7. The Balaban J connectivity index is 1.17. The molecule has 5 heterocycles. The van der Waals surface area contributed by atoms with Crippen molar-refractivity contribution < 1.29 is 9.32 Å². The van der Waals surface area contributed by atoms with Crippen LogP contribution in [0.15, 0.2) is 40.2 Å². The minimum Gasteiger partial charge on any atom is -0.355 e. The van der Waals surface area contributed by atoms with E-state index in [9.17, 15) is 4.79 Å². The number of carbonyl (C=O) groups is 1. The molecule has 1 amide bonds. The molecule has 0 N–H and O–H groups in total. The van der Waals surface area contributed by atoms with Crippen molar-refractivity contribution in [2.45, 2.75) is 0 Å². The Morgan fingerprint density at radius 2 is 1.58 bits per heavy atom. The first-order chi connectivity index (χ1) is 15.2. The van der Waals surface area contributed by atoms with E-state index in [1.54, 1.807) is 17.4 Å². The second kappa shape index (κ2) is 8.64. The maximum absolute atomic E-state index is 12.8. The third-order valence-electron chi connectivity index (χ3n) is 5.85. The van der Waals surface area contributed by atoms with Crippen LogP contribution in [0.4, 0.5) is 11.6 Å². The number of thiophene rings is 1. The topological polar surface area (TPSA) is 81.8 Å². The summed E-state index contributed by atoms with van der Waals surface area (Å²) in [5, 5.41) is 14.8. The number of hydrogen-bond donors (Lipinski definition) is 0. The molecule has 2 fully saturated rings. The average molecular weight is 440 g/mol. The number of carbonyl (C=O) groups excluding carboxylic acids is 1. The van der Waals surface area contributed by atoms with Gasteiger partial charge < -0.3 is 24.1 Å². The van der Waals surface area contributed by atoms with Gasteiger partial charge >= 0.3 is 0 Å². The van der Waals surface area contributed by atoms with Gasteiger partial charge in [0.15, 0.2) is 23.1 Å². The maximum atomic E-state index is 12.8. The van der Waals surface area contributed by atoms with Crippen molar-refractivity contribution in [2.24, 2.45) is 0 Å². The van der Waals surface area contributed by atoms with E-state index in [1.165, 1.54) is 0 Å². The number of hydrogen-bond acceptors (Lipinski definition) is 9. The van der Waals surface area contributed by atoms with Gasteiger partial charge in [-0.2, -0.15) is 0 Å². The van der Waals surface area contributed by atoms with Crippen LogP contribution in [0.5, 0.6) is 0 Å². The van der Waals surface area contributed by atoms with Crippen molar-refractivity contribution in [1.82, 2.24) is 25.2 Å². The first kappa shape index (κ1) is 20.0. The molecule has 31 heavy (non-hydrogen) atoms. The summed E-state index contributed by atoms with van der Waals surface area (Å²) in [5.41, 5.74) is 0.355.